The Bertz CT molecular complexity index is 1350. The summed E-state index contributed by atoms with van der Waals surface area (Å²) in [4.78, 5) is 18.1. The normalized spacial score (nSPS) is 17.6. The van der Waals surface area contributed by atoms with Crippen LogP contribution in [-0.2, 0) is 0 Å². The van der Waals surface area contributed by atoms with Gasteiger partial charge in [0.2, 0.25) is 0 Å². The number of aromatic nitrogens is 2. The SMILES string of the molecule is CC(C)c1ccc(N2C(=S)N[C@@H](c3ccccn3)[C@H]2c2cccn2-c2ccc(C(=O)O)cc2)cc1. The summed E-state index contributed by atoms with van der Waals surface area (Å²) in [5.41, 5.74) is 5.32. The largest absolute Gasteiger partial charge is 0.478 e. The molecule has 1 aliphatic heterocycles. The van der Waals surface area contributed by atoms with Crippen LogP contribution in [-0.4, -0.2) is 25.7 Å². The molecule has 6 nitrogen and oxygen atoms in total. The Balaban J connectivity index is 1.62. The van der Waals surface area contributed by atoms with Crippen molar-refractivity contribution in [3.63, 3.8) is 0 Å². The number of carboxylic acids is 1. The first-order valence-electron chi connectivity index (χ1n) is 11.6. The third kappa shape index (κ3) is 4.31. The maximum Gasteiger partial charge on any atom is 0.335 e. The number of nitrogens with one attached hydrogen (secondary N) is 1. The van der Waals surface area contributed by atoms with E-state index in [0.717, 1.165) is 22.8 Å². The predicted molar refractivity (Wildman–Crippen MR) is 141 cm³/mol. The molecule has 2 atom stereocenters. The average Bonchev–Trinajstić information content (AvgIpc) is 3.49. The molecule has 176 valence electrons. The van der Waals surface area contributed by atoms with Crippen molar-refractivity contribution in [2.45, 2.75) is 31.8 Å². The Labute approximate surface area is 209 Å². The van der Waals surface area contributed by atoms with Gasteiger partial charge in [-0.1, -0.05) is 32.0 Å². The predicted octanol–water partition coefficient (Wildman–Crippen LogP) is 5.87. The Morgan fingerprint density at radius 3 is 2.31 bits per heavy atom. The topological polar surface area (TPSA) is 70.4 Å². The van der Waals surface area contributed by atoms with Gasteiger partial charge < -0.3 is 19.9 Å². The zero-order chi connectivity index (χ0) is 24.5. The molecule has 1 fully saturated rings. The van der Waals surface area contributed by atoms with Crippen molar-refractivity contribution in [3.05, 3.63) is 114 Å². The van der Waals surface area contributed by atoms with E-state index in [9.17, 15) is 9.90 Å². The van der Waals surface area contributed by atoms with Crippen molar-refractivity contribution >= 4 is 29.0 Å². The number of anilines is 1. The van der Waals surface area contributed by atoms with Crippen molar-refractivity contribution in [2.24, 2.45) is 0 Å². The first kappa shape index (κ1) is 22.8. The van der Waals surface area contributed by atoms with Gasteiger partial charge >= 0.3 is 5.97 Å². The van der Waals surface area contributed by atoms with Gasteiger partial charge in [0, 0.05) is 29.5 Å². The van der Waals surface area contributed by atoms with Crippen LogP contribution in [0.5, 0.6) is 0 Å². The molecular weight excluding hydrogens is 456 g/mol. The second-order valence-corrected chi connectivity index (χ2v) is 9.28. The lowest BCUT2D eigenvalue weighted by Crippen LogP contribution is -2.30. The molecule has 0 bridgehead atoms. The number of carboxylic acid groups (broad SMARTS) is 1. The number of aromatic carboxylic acids is 1. The molecule has 1 aliphatic rings. The highest BCUT2D eigenvalue weighted by Crippen LogP contribution is 2.42. The molecule has 0 radical (unpaired) electrons. The molecule has 3 heterocycles. The lowest BCUT2D eigenvalue weighted by molar-refractivity contribution is 0.0697. The maximum atomic E-state index is 11.3. The molecule has 0 spiro atoms. The molecule has 1 saturated heterocycles. The third-order valence-electron chi connectivity index (χ3n) is 6.41. The minimum Gasteiger partial charge on any atom is -0.478 e. The van der Waals surface area contributed by atoms with Gasteiger partial charge in [-0.15, -0.1) is 0 Å². The Kier molecular flexibility index (Phi) is 6.09. The van der Waals surface area contributed by atoms with Crippen LogP contribution >= 0.6 is 12.2 Å². The van der Waals surface area contributed by atoms with Gasteiger partial charge in [0.05, 0.1) is 17.3 Å². The number of hydrogen-bond donors (Lipinski definition) is 2. The first-order chi connectivity index (χ1) is 16.9. The number of rotatable bonds is 6. The summed E-state index contributed by atoms with van der Waals surface area (Å²) in [7, 11) is 0. The summed E-state index contributed by atoms with van der Waals surface area (Å²) in [6, 6.07) is 25.1. The van der Waals surface area contributed by atoms with Crippen molar-refractivity contribution < 1.29 is 9.90 Å². The van der Waals surface area contributed by atoms with Crippen LogP contribution < -0.4 is 10.2 Å². The lowest BCUT2D eigenvalue weighted by Gasteiger charge is -2.29. The van der Waals surface area contributed by atoms with E-state index in [1.54, 1.807) is 18.3 Å². The van der Waals surface area contributed by atoms with E-state index in [1.807, 2.05) is 42.6 Å². The molecule has 7 heteroatoms. The zero-order valence-electron chi connectivity index (χ0n) is 19.5. The van der Waals surface area contributed by atoms with E-state index >= 15 is 0 Å². The number of hydrogen-bond acceptors (Lipinski definition) is 3. The van der Waals surface area contributed by atoms with Gasteiger partial charge in [0.1, 0.15) is 6.04 Å². The van der Waals surface area contributed by atoms with Gasteiger partial charge in [-0.25, -0.2) is 4.79 Å². The molecule has 0 saturated carbocycles. The highest BCUT2D eigenvalue weighted by Gasteiger charge is 2.42. The second kappa shape index (κ2) is 9.35. The molecule has 2 aromatic carbocycles. The number of benzene rings is 2. The molecule has 5 rings (SSSR count). The van der Waals surface area contributed by atoms with Crippen LogP contribution in [0.1, 0.15) is 59.2 Å². The zero-order valence-corrected chi connectivity index (χ0v) is 20.3. The minimum atomic E-state index is -0.944. The van der Waals surface area contributed by atoms with Gasteiger partial charge in [0.25, 0.3) is 0 Å². The van der Waals surface area contributed by atoms with Crippen LogP contribution in [0.2, 0.25) is 0 Å². The van der Waals surface area contributed by atoms with Crippen molar-refractivity contribution in [1.29, 1.82) is 0 Å². The van der Waals surface area contributed by atoms with Gasteiger partial charge in [-0.3, -0.25) is 4.98 Å². The number of pyridine rings is 1. The van der Waals surface area contributed by atoms with E-state index < -0.39 is 5.97 Å². The van der Waals surface area contributed by atoms with E-state index in [4.69, 9.17) is 12.2 Å². The summed E-state index contributed by atoms with van der Waals surface area (Å²) >= 11 is 5.85. The summed E-state index contributed by atoms with van der Waals surface area (Å²) < 4.78 is 2.08. The monoisotopic (exact) mass is 482 g/mol. The van der Waals surface area contributed by atoms with E-state index in [-0.39, 0.29) is 17.6 Å². The summed E-state index contributed by atoms with van der Waals surface area (Å²) in [5.74, 6) is -0.503. The second-order valence-electron chi connectivity index (χ2n) is 8.90. The Morgan fingerprint density at radius 1 is 0.971 bits per heavy atom. The minimum absolute atomic E-state index is 0.166. The summed E-state index contributed by atoms with van der Waals surface area (Å²) in [6.07, 6.45) is 3.78. The van der Waals surface area contributed by atoms with Crippen LogP contribution in [0.4, 0.5) is 5.69 Å². The summed E-state index contributed by atoms with van der Waals surface area (Å²) in [6.45, 7) is 4.36. The summed E-state index contributed by atoms with van der Waals surface area (Å²) in [5, 5.41) is 13.4. The highest BCUT2D eigenvalue weighted by atomic mass is 32.1. The van der Waals surface area contributed by atoms with Crippen molar-refractivity contribution in [1.82, 2.24) is 14.9 Å². The van der Waals surface area contributed by atoms with Gasteiger partial charge in [-0.2, -0.15) is 0 Å². The number of thiocarbonyl (C=S) groups is 1. The fourth-order valence-electron chi connectivity index (χ4n) is 4.59. The standard InChI is InChI=1S/C28H26N4O2S/c1-18(2)19-8-14-22(15-9-19)32-26(25(30-28(32)35)23-6-3-4-16-29-23)24-7-5-17-31(24)21-12-10-20(11-13-21)27(33)34/h3-18,25-26H,1-2H3,(H,30,35)(H,33,34)/t25-,26+/m0/s1. The van der Waals surface area contributed by atoms with Crippen LogP contribution in [0.3, 0.4) is 0 Å². The molecule has 4 aromatic rings. The van der Waals surface area contributed by atoms with Crippen molar-refractivity contribution in [2.75, 3.05) is 4.90 Å². The van der Waals surface area contributed by atoms with E-state index in [0.29, 0.717) is 11.0 Å². The number of carbonyl (C=O) groups is 1. The Morgan fingerprint density at radius 2 is 1.69 bits per heavy atom. The number of nitrogens with zero attached hydrogens (tertiary/aromatic N) is 3. The molecule has 2 N–H and O–H groups in total. The quantitative estimate of drug-likeness (QED) is 0.335. The molecule has 2 aromatic heterocycles. The smallest absolute Gasteiger partial charge is 0.335 e. The van der Waals surface area contributed by atoms with Crippen LogP contribution in [0, 0.1) is 0 Å². The van der Waals surface area contributed by atoms with Crippen LogP contribution in [0.15, 0.2) is 91.3 Å². The lowest BCUT2D eigenvalue weighted by atomic mass is 9.99. The molecule has 0 unspecified atom stereocenters. The fraction of sp³-hybridized carbons (Fsp3) is 0.179. The third-order valence-corrected chi connectivity index (χ3v) is 6.73. The average molecular weight is 483 g/mol. The van der Waals surface area contributed by atoms with Gasteiger partial charge in [-0.05, 0) is 84.4 Å². The van der Waals surface area contributed by atoms with E-state index in [1.165, 1.54) is 5.56 Å². The maximum absolute atomic E-state index is 11.3. The van der Waals surface area contributed by atoms with Crippen molar-refractivity contribution in [3.8, 4) is 5.69 Å². The van der Waals surface area contributed by atoms with Gasteiger partial charge in [0.15, 0.2) is 5.11 Å². The molecule has 35 heavy (non-hydrogen) atoms. The molecular formula is C28H26N4O2S. The first-order valence-corrected chi connectivity index (χ1v) is 12.0. The Hall–Kier alpha value is -3.97. The van der Waals surface area contributed by atoms with Crippen LogP contribution in [0.25, 0.3) is 5.69 Å². The fourth-order valence-corrected chi connectivity index (χ4v) is 4.93. The molecule has 0 aliphatic carbocycles. The highest BCUT2D eigenvalue weighted by molar-refractivity contribution is 7.80. The molecule has 0 amide bonds. The van der Waals surface area contributed by atoms with E-state index in [2.05, 4.69) is 63.9 Å².